The molecule has 0 aliphatic heterocycles. The SMILES string of the molecule is O=C(NCC[NH+](CCNC(=O)c1cccc([N+](=O)[O-])c1)CCNC(=O)c1cccc([N+](=O)[O-])c1)c1cccc([N+](=O)[O-])c1.O=[N+]([O-])[O-]. The first-order chi connectivity index (χ1) is 22.3. The topological polar surface area (TPSA) is 287 Å². The maximum atomic E-state index is 12.5. The quantitative estimate of drug-likeness (QED) is 0.129. The highest BCUT2D eigenvalue weighted by Gasteiger charge is 2.16. The van der Waals surface area contributed by atoms with Crippen LogP contribution in [0.4, 0.5) is 17.1 Å². The average Bonchev–Trinajstić information content (AvgIpc) is 3.04. The third-order valence-corrected chi connectivity index (χ3v) is 6.25. The second kappa shape index (κ2) is 18.3. The first kappa shape index (κ1) is 36.6. The van der Waals surface area contributed by atoms with Crippen molar-refractivity contribution in [2.24, 2.45) is 0 Å². The van der Waals surface area contributed by atoms with Crippen molar-refractivity contribution < 1.29 is 39.1 Å². The average molecular weight is 657 g/mol. The summed E-state index contributed by atoms with van der Waals surface area (Å²) in [6.07, 6.45) is 0. The molecule has 0 bridgehead atoms. The molecule has 47 heavy (non-hydrogen) atoms. The lowest BCUT2D eigenvalue weighted by atomic mass is 10.2. The summed E-state index contributed by atoms with van der Waals surface area (Å²) in [6.45, 7) is 1.53. The third-order valence-electron chi connectivity index (χ3n) is 6.25. The van der Waals surface area contributed by atoms with Gasteiger partial charge in [0.25, 0.3) is 34.8 Å². The number of rotatable bonds is 15. The van der Waals surface area contributed by atoms with Crippen LogP contribution < -0.4 is 20.9 Å². The molecule has 0 heterocycles. The second-order valence-electron chi connectivity index (χ2n) is 9.41. The maximum Gasteiger partial charge on any atom is 0.270 e. The first-order valence-corrected chi connectivity index (χ1v) is 13.5. The lowest BCUT2D eigenvalue weighted by Crippen LogP contribution is -3.14. The molecule has 248 valence electrons. The van der Waals surface area contributed by atoms with E-state index in [9.17, 15) is 44.7 Å². The van der Waals surface area contributed by atoms with Crippen molar-refractivity contribution in [3.8, 4) is 0 Å². The normalized spacial score (nSPS) is 10.1. The van der Waals surface area contributed by atoms with Crippen LogP contribution in [0.3, 0.4) is 0 Å². The van der Waals surface area contributed by atoms with Crippen LogP contribution in [0.1, 0.15) is 31.1 Å². The molecule has 20 nitrogen and oxygen atoms in total. The fourth-order valence-electron chi connectivity index (χ4n) is 4.02. The van der Waals surface area contributed by atoms with Gasteiger partial charge >= 0.3 is 0 Å². The number of hydrogen-bond acceptors (Lipinski definition) is 12. The minimum absolute atomic E-state index is 0.115. The monoisotopic (exact) mass is 656 g/mol. The summed E-state index contributed by atoms with van der Waals surface area (Å²) >= 11 is 0. The molecule has 0 fully saturated rings. The highest BCUT2D eigenvalue weighted by molar-refractivity contribution is 5.95. The van der Waals surface area contributed by atoms with Crippen molar-refractivity contribution >= 4 is 34.8 Å². The predicted molar refractivity (Wildman–Crippen MR) is 162 cm³/mol. The summed E-state index contributed by atoms with van der Waals surface area (Å²) in [6, 6.07) is 15.8. The largest absolute Gasteiger partial charge is 0.356 e. The predicted octanol–water partition coefficient (Wildman–Crippen LogP) is 0.647. The number of benzene rings is 3. The Balaban J connectivity index is 0.00000181. The lowest BCUT2D eigenvalue weighted by molar-refractivity contribution is -0.896. The Morgan fingerprint density at radius 1 is 0.511 bits per heavy atom. The molecular weight excluding hydrogens is 628 g/mol. The third kappa shape index (κ3) is 12.9. The molecule has 0 aromatic heterocycles. The molecule has 0 atom stereocenters. The zero-order valence-electron chi connectivity index (χ0n) is 24.4. The number of carbonyl (C=O) groups excluding carboxylic acids is 3. The number of non-ortho nitro benzene ring substituents is 3. The van der Waals surface area contributed by atoms with E-state index in [1.165, 1.54) is 54.6 Å². The van der Waals surface area contributed by atoms with Gasteiger partial charge in [-0.1, -0.05) is 18.2 Å². The van der Waals surface area contributed by atoms with Gasteiger partial charge in [-0.2, -0.15) is 0 Å². The van der Waals surface area contributed by atoms with E-state index in [0.29, 0.717) is 19.6 Å². The second-order valence-corrected chi connectivity index (χ2v) is 9.41. The van der Waals surface area contributed by atoms with E-state index in [-0.39, 0.29) is 53.4 Å². The van der Waals surface area contributed by atoms with Crippen LogP contribution in [0.15, 0.2) is 72.8 Å². The van der Waals surface area contributed by atoms with Crippen LogP contribution in [0.2, 0.25) is 0 Å². The van der Waals surface area contributed by atoms with E-state index in [1.54, 1.807) is 0 Å². The number of nitrogens with one attached hydrogen (secondary N) is 4. The van der Waals surface area contributed by atoms with Crippen molar-refractivity contribution in [2.45, 2.75) is 0 Å². The zero-order chi connectivity index (χ0) is 34.9. The fourth-order valence-corrected chi connectivity index (χ4v) is 4.02. The summed E-state index contributed by atoms with van der Waals surface area (Å²) in [5.74, 6) is -1.54. The smallest absolute Gasteiger partial charge is 0.270 e. The number of nitro benzene ring substituents is 3. The highest BCUT2D eigenvalue weighted by Crippen LogP contribution is 2.14. The van der Waals surface area contributed by atoms with Crippen molar-refractivity contribution in [1.29, 1.82) is 0 Å². The molecule has 0 aliphatic carbocycles. The molecule has 3 aromatic rings. The molecule has 0 spiro atoms. The van der Waals surface area contributed by atoms with E-state index in [2.05, 4.69) is 16.0 Å². The molecule has 4 N–H and O–H groups in total. The molecule has 0 radical (unpaired) electrons. The molecular formula is C27H28N8O12. The van der Waals surface area contributed by atoms with Gasteiger partial charge in [0.2, 0.25) is 0 Å². The van der Waals surface area contributed by atoms with E-state index in [4.69, 9.17) is 15.3 Å². The molecule has 3 rings (SSSR count). The van der Waals surface area contributed by atoms with Gasteiger partial charge in [-0.15, -0.1) is 0 Å². The minimum atomic E-state index is -1.75. The summed E-state index contributed by atoms with van der Waals surface area (Å²) in [4.78, 5) is 77.8. The Hall–Kier alpha value is -6.57. The van der Waals surface area contributed by atoms with Crippen LogP contribution in [0.25, 0.3) is 0 Å². The van der Waals surface area contributed by atoms with Gasteiger partial charge < -0.3 is 36.2 Å². The number of nitro groups is 3. The number of hydrogen-bond donors (Lipinski definition) is 4. The Labute approximate surface area is 264 Å². The zero-order valence-corrected chi connectivity index (χ0v) is 24.4. The summed E-state index contributed by atoms with van der Waals surface area (Å²) in [5.41, 5.74) is -0.325. The van der Waals surface area contributed by atoms with Crippen LogP contribution >= 0.6 is 0 Å². The van der Waals surface area contributed by atoms with Gasteiger partial charge in [0.15, 0.2) is 0 Å². The fraction of sp³-hybridized carbons (Fsp3) is 0.222. The van der Waals surface area contributed by atoms with Gasteiger partial charge in [-0.3, -0.25) is 44.7 Å². The Kier molecular flexibility index (Phi) is 14.2. The standard InChI is InChI=1S/C27H27N7O9.NO3/c35-25(19-4-1-7-22(16-19)32(38)39)28-10-13-31(14-11-29-26(36)20-5-2-8-23(17-20)33(40)41)15-12-30-27(37)21-6-3-9-24(18-21)34(42)43;2-1(3)4/h1-9,16-18H,10-15H2,(H,28,35)(H,29,36)(H,30,37);/q;-1/p+1. The molecule has 0 aliphatic rings. The van der Waals surface area contributed by atoms with Gasteiger partial charge in [0, 0.05) is 53.1 Å². The van der Waals surface area contributed by atoms with E-state index in [1.807, 2.05) is 0 Å². The van der Waals surface area contributed by atoms with Crippen molar-refractivity contribution in [3.05, 3.63) is 135 Å². The van der Waals surface area contributed by atoms with E-state index in [0.717, 1.165) is 23.1 Å². The van der Waals surface area contributed by atoms with Gasteiger partial charge in [-0.25, -0.2) is 0 Å². The van der Waals surface area contributed by atoms with Crippen LogP contribution in [-0.4, -0.2) is 76.8 Å². The molecule has 20 heteroatoms. The minimum Gasteiger partial charge on any atom is -0.356 e. The summed E-state index contributed by atoms with van der Waals surface area (Å²) in [7, 11) is 0. The Morgan fingerprint density at radius 2 is 0.766 bits per heavy atom. The molecule has 0 saturated heterocycles. The van der Waals surface area contributed by atoms with Crippen molar-refractivity contribution in [3.63, 3.8) is 0 Å². The van der Waals surface area contributed by atoms with E-state index >= 15 is 0 Å². The Bertz CT molecular complexity index is 1450. The highest BCUT2D eigenvalue weighted by atomic mass is 16.9. The number of nitrogens with zero attached hydrogens (tertiary/aromatic N) is 4. The summed E-state index contributed by atoms with van der Waals surface area (Å²) < 4.78 is 0. The first-order valence-electron chi connectivity index (χ1n) is 13.5. The van der Waals surface area contributed by atoms with Crippen LogP contribution in [-0.2, 0) is 0 Å². The van der Waals surface area contributed by atoms with E-state index < -0.39 is 37.6 Å². The van der Waals surface area contributed by atoms with Gasteiger partial charge in [0.1, 0.15) is 0 Å². The van der Waals surface area contributed by atoms with Crippen molar-refractivity contribution in [1.82, 2.24) is 16.0 Å². The molecule has 3 amide bonds. The summed E-state index contributed by atoms with van der Waals surface area (Å²) in [5, 5.41) is 55.8. The maximum absolute atomic E-state index is 12.5. The molecule has 3 aromatic carbocycles. The lowest BCUT2D eigenvalue weighted by Gasteiger charge is -2.20. The van der Waals surface area contributed by atoms with Crippen LogP contribution in [0.5, 0.6) is 0 Å². The number of carbonyl (C=O) groups is 3. The van der Waals surface area contributed by atoms with Crippen molar-refractivity contribution in [2.75, 3.05) is 39.3 Å². The molecule has 0 saturated carbocycles. The Morgan fingerprint density at radius 3 is 1.00 bits per heavy atom. The van der Waals surface area contributed by atoms with Crippen LogP contribution in [0, 0.1) is 45.7 Å². The number of amides is 3. The molecule has 0 unspecified atom stereocenters. The van der Waals surface area contributed by atoms with Gasteiger partial charge in [0.05, 0.1) is 59.1 Å². The van der Waals surface area contributed by atoms with Gasteiger partial charge in [-0.05, 0) is 18.2 Å². The number of quaternary nitrogens is 1.